The SMILES string of the molecule is Nc1c(F)ccc(NC(=O)c2cc(NC(=O)C3C(c4cc(F)c(F)c(F)c4)C3(Cl)Cl)ccc2Cl)c1F. The molecule has 5 nitrogen and oxygen atoms in total. The van der Waals surface area contributed by atoms with Gasteiger partial charge in [0.25, 0.3) is 5.91 Å². The van der Waals surface area contributed by atoms with Gasteiger partial charge in [-0.25, -0.2) is 22.0 Å². The van der Waals surface area contributed by atoms with Gasteiger partial charge in [0.15, 0.2) is 23.3 Å². The molecule has 0 heterocycles. The number of nitrogens with one attached hydrogen (secondary N) is 2. The summed E-state index contributed by atoms with van der Waals surface area (Å²) in [6.07, 6.45) is 0. The fraction of sp³-hybridized carbons (Fsp3) is 0.130. The molecule has 4 rings (SSSR count). The highest BCUT2D eigenvalue weighted by atomic mass is 35.5. The van der Waals surface area contributed by atoms with Crippen LogP contribution in [0.5, 0.6) is 0 Å². The third-order valence-electron chi connectivity index (χ3n) is 5.55. The molecule has 1 saturated carbocycles. The van der Waals surface area contributed by atoms with Gasteiger partial charge in [-0.05, 0) is 48.0 Å². The van der Waals surface area contributed by atoms with E-state index in [0.717, 1.165) is 12.1 Å². The third-order valence-corrected chi connectivity index (χ3v) is 6.82. The largest absolute Gasteiger partial charge is 0.394 e. The zero-order chi connectivity index (χ0) is 26.5. The molecule has 0 aromatic heterocycles. The Morgan fingerprint density at radius 2 is 1.50 bits per heavy atom. The van der Waals surface area contributed by atoms with Gasteiger partial charge >= 0.3 is 0 Å². The summed E-state index contributed by atoms with van der Waals surface area (Å²) in [7, 11) is 0. The fourth-order valence-electron chi connectivity index (χ4n) is 3.67. The number of rotatable bonds is 5. The van der Waals surface area contributed by atoms with Crippen LogP contribution in [0.25, 0.3) is 0 Å². The highest BCUT2D eigenvalue weighted by molar-refractivity contribution is 6.53. The number of nitrogens with two attached hydrogens (primary N) is 1. The Kier molecular flexibility index (Phi) is 6.80. The van der Waals surface area contributed by atoms with Gasteiger partial charge in [0.1, 0.15) is 15.8 Å². The van der Waals surface area contributed by atoms with E-state index in [9.17, 15) is 31.5 Å². The summed E-state index contributed by atoms with van der Waals surface area (Å²) < 4.78 is 66.3. The zero-order valence-electron chi connectivity index (χ0n) is 17.6. The lowest BCUT2D eigenvalue weighted by molar-refractivity contribution is -0.117. The Morgan fingerprint density at radius 3 is 2.14 bits per heavy atom. The Balaban J connectivity index is 1.53. The first-order valence-electron chi connectivity index (χ1n) is 10.0. The van der Waals surface area contributed by atoms with Gasteiger partial charge in [0, 0.05) is 11.6 Å². The topological polar surface area (TPSA) is 84.2 Å². The van der Waals surface area contributed by atoms with Gasteiger partial charge in [-0.2, -0.15) is 0 Å². The molecule has 1 fully saturated rings. The molecule has 0 spiro atoms. The van der Waals surface area contributed by atoms with Crippen molar-refractivity contribution in [3.05, 3.63) is 87.7 Å². The van der Waals surface area contributed by atoms with Crippen molar-refractivity contribution in [2.75, 3.05) is 16.4 Å². The van der Waals surface area contributed by atoms with Crippen LogP contribution in [0.1, 0.15) is 21.8 Å². The number of hydrogen-bond acceptors (Lipinski definition) is 3. The van der Waals surface area contributed by atoms with E-state index in [4.69, 9.17) is 40.5 Å². The van der Waals surface area contributed by atoms with Crippen molar-refractivity contribution in [1.82, 2.24) is 0 Å². The molecule has 0 radical (unpaired) electrons. The van der Waals surface area contributed by atoms with Crippen LogP contribution in [0.4, 0.5) is 39.0 Å². The van der Waals surface area contributed by atoms with Gasteiger partial charge in [-0.15, -0.1) is 23.2 Å². The third kappa shape index (κ3) is 4.68. The first-order chi connectivity index (χ1) is 16.8. The minimum atomic E-state index is -1.74. The number of anilines is 3. The van der Waals surface area contributed by atoms with E-state index in [0.29, 0.717) is 12.1 Å². The average Bonchev–Trinajstić information content (AvgIpc) is 3.40. The van der Waals surface area contributed by atoms with Gasteiger partial charge in [0.05, 0.1) is 22.2 Å². The smallest absolute Gasteiger partial charge is 0.257 e. The number of benzene rings is 3. The summed E-state index contributed by atoms with van der Waals surface area (Å²) in [5.41, 5.74) is 3.84. The van der Waals surface area contributed by atoms with E-state index >= 15 is 0 Å². The van der Waals surface area contributed by atoms with Crippen LogP contribution in [0.2, 0.25) is 5.02 Å². The molecule has 36 heavy (non-hydrogen) atoms. The number of halogens is 8. The molecular weight excluding hydrogens is 552 g/mol. The van der Waals surface area contributed by atoms with Crippen molar-refractivity contribution in [1.29, 1.82) is 0 Å². The second-order valence-corrected chi connectivity index (χ2v) is 9.74. The van der Waals surface area contributed by atoms with Crippen LogP contribution < -0.4 is 16.4 Å². The van der Waals surface area contributed by atoms with Gasteiger partial charge in [-0.3, -0.25) is 9.59 Å². The predicted molar refractivity (Wildman–Crippen MR) is 126 cm³/mol. The Morgan fingerprint density at radius 1 is 0.861 bits per heavy atom. The first kappa shape index (κ1) is 26.0. The van der Waals surface area contributed by atoms with E-state index in [1.54, 1.807) is 0 Å². The molecule has 4 N–H and O–H groups in total. The van der Waals surface area contributed by atoms with E-state index in [2.05, 4.69) is 10.6 Å². The van der Waals surface area contributed by atoms with Crippen LogP contribution in [0, 0.1) is 35.0 Å². The summed E-state index contributed by atoms with van der Waals surface area (Å²) in [5, 5.41) is 4.61. The maximum atomic E-state index is 14.1. The summed E-state index contributed by atoms with van der Waals surface area (Å²) in [4.78, 5) is 25.5. The van der Waals surface area contributed by atoms with Crippen molar-refractivity contribution >= 4 is 63.7 Å². The predicted octanol–water partition coefficient (Wildman–Crippen LogP) is 6.40. The molecule has 188 valence electrons. The van der Waals surface area contributed by atoms with E-state index in [1.165, 1.54) is 18.2 Å². The van der Waals surface area contributed by atoms with Gasteiger partial charge in [-0.1, -0.05) is 11.6 Å². The highest BCUT2D eigenvalue weighted by Gasteiger charge is 2.67. The van der Waals surface area contributed by atoms with Crippen molar-refractivity contribution < 1.29 is 31.5 Å². The quantitative estimate of drug-likeness (QED) is 0.145. The molecule has 1 aliphatic rings. The molecule has 2 atom stereocenters. The zero-order valence-corrected chi connectivity index (χ0v) is 19.9. The fourth-order valence-corrected chi connectivity index (χ4v) is 4.71. The van der Waals surface area contributed by atoms with Crippen molar-refractivity contribution in [2.24, 2.45) is 5.92 Å². The van der Waals surface area contributed by atoms with E-state index in [-0.39, 0.29) is 21.8 Å². The van der Waals surface area contributed by atoms with Crippen LogP contribution >= 0.6 is 34.8 Å². The lowest BCUT2D eigenvalue weighted by Gasteiger charge is -2.11. The number of nitrogen functional groups attached to an aromatic ring is 1. The molecule has 3 aromatic carbocycles. The second-order valence-electron chi connectivity index (χ2n) is 7.89. The van der Waals surface area contributed by atoms with E-state index in [1.807, 2.05) is 0 Å². The number of hydrogen-bond donors (Lipinski definition) is 3. The van der Waals surface area contributed by atoms with Crippen LogP contribution in [0.15, 0.2) is 42.5 Å². The Bertz CT molecular complexity index is 1400. The molecule has 1 aliphatic carbocycles. The molecule has 2 amide bonds. The van der Waals surface area contributed by atoms with Crippen molar-refractivity contribution in [2.45, 2.75) is 10.3 Å². The number of carbonyl (C=O) groups is 2. The average molecular weight is 565 g/mol. The maximum Gasteiger partial charge on any atom is 0.257 e. The lowest BCUT2D eigenvalue weighted by Crippen LogP contribution is -2.18. The Hall–Kier alpha value is -3.08. The molecule has 0 aliphatic heterocycles. The highest BCUT2D eigenvalue weighted by Crippen LogP contribution is 2.65. The summed E-state index contributed by atoms with van der Waals surface area (Å²) in [6, 6.07) is 7.00. The Labute approximate surface area is 215 Å². The van der Waals surface area contributed by atoms with Crippen molar-refractivity contribution in [3.63, 3.8) is 0 Å². The minimum Gasteiger partial charge on any atom is -0.394 e. The molecule has 3 aromatic rings. The molecule has 0 bridgehead atoms. The lowest BCUT2D eigenvalue weighted by atomic mass is 10.1. The van der Waals surface area contributed by atoms with Crippen LogP contribution in [0.3, 0.4) is 0 Å². The van der Waals surface area contributed by atoms with Gasteiger partial charge in [0.2, 0.25) is 5.91 Å². The minimum absolute atomic E-state index is 0.0555. The number of carbonyl (C=O) groups excluding carboxylic acids is 2. The van der Waals surface area contributed by atoms with Gasteiger partial charge < -0.3 is 16.4 Å². The maximum absolute atomic E-state index is 14.1. The van der Waals surface area contributed by atoms with Crippen LogP contribution in [-0.4, -0.2) is 16.1 Å². The molecule has 0 saturated heterocycles. The molecule has 13 heteroatoms. The summed E-state index contributed by atoms with van der Waals surface area (Å²) >= 11 is 18.4. The number of alkyl halides is 2. The standard InChI is InChI=1S/C23H13Cl3F5N3O2/c24-11-2-1-9(7-10(11)21(35)34-15-4-3-12(27)20(32)19(15)31)33-22(36)17-16(23(17,25)26)8-5-13(28)18(30)14(29)6-8/h1-7,16-17H,32H2,(H,33,36)(H,34,35). The van der Waals surface area contributed by atoms with Crippen LogP contribution in [-0.2, 0) is 4.79 Å². The molecular formula is C23H13Cl3F5N3O2. The monoisotopic (exact) mass is 563 g/mol. The normalized spacial score (nSPS) is 18.0. The number of amides is 2. The second kappa shape index (κ2) is 9.42. The summed E-state index contributed by atoms with van der Waals surface area (Å²) in [6.45, 7) is 0. The van der Waals surface area contributed by atoms with Crippen molar-refractivity contribution in [3.8, 4) is 0 Å². The van der Waals surface area contributed by atoms with E-state index < -0.39 is 68.4 Å². The first-order valence-corrected chi connectivity index (χ1v) is 11.1. The molecule has 2 unspecified atom stereocenters. The summed E-state index contributed by atoms with van der Waals surface area (Å²) in [5.74, 6) is -10.7.